The van der Waals surface area contributed by atoms with Crippen LogP contribution in [-0.4, -0.2) is 18.4 Å². The van der Waals surface area contributed by atoms with E-state index in [0.29, 0.717) is 5.92 Å². The van der Waals surface area contributed by atoms with E-state index in [2.05, 4.69) is 29.3 Å². The van der Waals surface area contributed by atoms with Gasteiger partial charge >= 0.3 is 0 Å². The van der Waals surface area contributed by atoms with Gasteiger partial charge in [0.15, 0.2) is 6.29 Å². The van der Waals surface area contributed by atoms with Crippen molar-refractivity contribution < 1.29 is 9.47 Å². The summed E-state index contributed by atoms with van der Waals surface area (Å²) in [5.74, 6) is 0.468. The second kappa shape index (κ2) is 5.32. The highest BCUT2D eigenvalue weighted by Gasteiger charge is 2.20. The van der Waals surface area contributed by atoms with Crippen molar-refractivity contribution in [2.45, 2.75) is 13.2 Å². The van der Waals surface area contributed by atoms with E-state index in [0.717, 1.165) is 24.5 Å². The van der Waals surface area contributed by atoms with E-state index in [1.54, 1.807) is 0 Å². The fourth-order valence-corrected chi connectivity index (χ4v) is 1.66. The van der Waals surface area contributed by atoms with Gasteiger partial charge in [-0.05, 0) is 24.4 Å². The highest BCUT2D eigenvalue weighted by atomic mass is 32.1. The van der Waals surface area contributed by atoms with Crippen LogP contribution in [0.15, 0.2) is 29.3 Å². The summed E-state index contributed by atoms with van der Waals surface area (Å²) >= 11 is 4.54. The molecule has 0 radical (unpaired) electrons. The number of isothiocyanates is 1. The van der Waals surface area contributed by atoms with Gasteiger partial charge < -0.3 is 9.47 Å². The molecule has 0 saturated carbocycles. The first-order chi connectivity index (χ1) is 7.79. The van der Waals surface area contributed by atoms with E-state index in [4.69, 9.17) is 9.47 Å². The first-order valence-electron chi connectivity index (χ1n) is 5.20. The first-order valence-corrected chi connectivity index (χ1v) is 5.61. The molecule has 0 amide bonds. The molecular formula is C12H13NO2S. The van der Waals surface area contributed by atoms with Gasteiger partial charge in [-0.1, -0.05) is 19.1 Å². The van der Waals surface area contributed by atoms with Gasteiger partial charge in [-0.2, -0.15) is 4.99 Å². The lowest BCUT2D eigenvalue weighted by atomic mass is 10.1. The molecule has 3 nitrogen and oxygen atoms in total. The summed E-state index contributed by atoms with van der Waals surface area (Å²) in [4.78, 5) is 3.89. The number of aliphatic imine (C=N–C) groups is 1. The van der Waals surface area contributed by atoms with Crippen LogP contribution in [0.25, 0.3) is 0 Å². The number of ether oxygens (including phenoxy) is 2. The van der Waals surface area contributed by atoms with Gasteiger partial charge in [0, 0.05) is 11.5 Å². The molecule has 1 aliphatic heterocycles. The van der Waals surface area contributed by atoms with Crippen LogP contribution in [0.4, 0.5) is 5.69 Å². The molecule has 16 heavy (non-hydrogen) atoms. The largest absolute Gasteiger partial charge is 0.348 e. The molecule has 0 bridgehead atoms. The summed E-state index contributed by atoms with van der Waals surface area (Å²) < 4.78 is 11.2. The summed E-state index contributed by atoms with van der Waals surface area (Å²) in [6, 6.07) is 7.62. The van der Waals surface area contributed by atoms with Gasteiger partial charge in [0.05, 0.1) is 24.1 Å². The van der Waals surface area contributed by atoms with Crippen molar-refractivity contribution in [3.8, 4) is 0 Å². The van der Waals surface area contributed by atoms with Crippen LogP contribution in [-0.2, 0) is 9.47 Å². The lowest BCUT2D eigenvalue weighted by molar-refractivity contribution is -0.202. The van der Waals surface area contributed by atoms with Crippen LogP contribution in [0.2, 0.25) is 0 Å². The Morgan fingerprint density at radius 2 is 1.88 bits per heavy atom. The van der Waals surface area contributed by atoms with Crippen molar-refractivity contribution in [1.82, 2.24) is 0 Å². The zero-order valence-electron chi connectivity index (χ0n) is 9.05. The van der Waals surface area contributed by atoms with Crippen molar-refractivity contribution >= 4 is 23.1 Å². The summed E-state index contributed by atoms with van der Waals surface area (Å²) in [5.41, 5.74) is 1.80. The van der Waals surface area contributed by atoms with Crippen LogP contribution in [0.5, 0.6) is 0 Å². The first kappa shape index (κ1) is 11.4. The minimum absolute atomic E-state index is 0.248. The zero-order chi connectivity index (χ0) is 11.4. The molecule has 1 heterocycles. The normalized spacial score (nSPS) is 24.8. The molecule has 1 fully saturated rings. The second-order valence-corrected chi connectivity index (χ2v) is 4.08. The Morgan fingerprint density at radius 1 is 1.25 bits per heavy atom. The number of hydrogen-bond donors (Lipinski definition) is 0. The quantitative estimate of drug-likeness (QED) is 0.583. The van der Waals surface area contributed by atoms with Crippen LogP contribution < -0.4 is 0 Å². The number of nitrogens with zero attached hydrogens (tertiary/aromatic N) is 1. The van der Waals surface area contributed by atoms with Gasteiger partial charge in [-0.15, -0.1) is 0 Å². The summed E-state index contributed by atoms with van der Waals surface area (Å²) in [5, 5.41) is 2.33. The molecule has 4 heteroatoms. The van der Waals surface area contributed by atoms with E-state index in [1.807, 2.05) is 24.3 Å². The third-order valence-corrected chi connectivity index (χ3v) is 2.50. The number of hydrogen-bond acceptors (Lipinski definition) is 4. The highest BCUT2D eigenvalue weighted by Crippen LogP contribution is 2.26. The summed E-state index contributed by atoms with van der Waals surface area (Å²) in [6.45, 7) is 3.59. The molecule has 0 unspecified atom stereocenters. The average molecular weight is 235 g/mol. The zero-order valence-corrected chi connectivity index (χ0v) is 9.87. The topological polar surface area (TPSA) is 30.8 Å². The Balaban J connectivity index is 2.07. The summed E-state index contributed by atoms with van der Waals surface area (Å²) in [7, 11) is 0. The highest BCUT2D eigenvalue weighted by molar-refractivity contribution is 7.78. The number of benzene rings is 1. The monoisotopic (exact) mass is 235 g/mol. The van der Waals surface area contributed by atoms with Crippen molar-refractivity contribution in [2.75, 3.05) is 13.2 Å². The lowest BCUT2D eigenvalue weighted by Crippen LogP contribution is -2.24. The standard InChI is InChI=1S/C12H13NO2S/c1-9-6-14-12(15-7-9)10-2-4-11(5-3-10)13-8-16/h2-5,9,12H,6-7H2,1H3/t9-,12-. The summed E-state index contributed by atoms with van der Waals surface area (Å²) in [6.07, 6.45) is -0.248. The fourth-order valence-electron chi connectivity index (χ4n) is 1.55. The third kappa shape index (κ3) is 2.74. The maximum atomic E-state index is 5.59. The van der Waals surface area contributed by atoms with E-state index >= 15 is 0 Å². The average Bonchev–Trinajstić information content (AvgIpc) is 2.32. The van der Waals surface area contributed by atoms with E-state index < -0.39 is 0 Å². The van der Waals surface area contributed by atoms with Crippen molar-refractivity contribution in [3.63, 3.8) is 0 Å². The molecular weight excluding hydrogens is 222 g/mol. The minimum Gasteiger partial charge on any atom is -0.348 e. The molecule has 0 N–H and O–H groups in total. The van der Waals surface area contributed by atoms with Crippen molar-refractivity contribution in [3.05, 3.63) is 29.8 Å². The lowest BCUT2D eigenvalue weighted by Gasteiger charge is -2.27. The van der Waals surface area contributed by atoms with E-state index in [1.165, 1.54) is 0 Å². The molecule has 1 saturated heterocycles. The van der Waals surface area contributed by atoms with Crippen molar-refractivity contribution in [2.24, 2.45) is 10.9 Å². The Hall–Kier alpha value is -1.06. The van der Waals surface area contributed by atoms with Gasteiger partial charge in [-0.3, -0.25) is 0 Å². The molecule has 2 rings (SSSR count). The second-order valence-electron chi connectivity index (χ2n) is 3.90. The predicted octanol–water partition coefficient (Wildman–Crippen LogP) is 3.10. The maximum absolute atomic E-state index is 5.59. The SMILES string of the molecule is C[C@H]1CO[C@H](c2ccc(N=C=S)cc2)OC1. The Kier molecular flexibility index (Phi) is 3.80. The van der Waals surface area contributed by atoms with Crippen LogP contribution >= 0.6 is 12.2 Å². The van der Waals surface area contributed by atoms with Gasteiger partial charge in [0.1, 0.15) is 0 Å². The fraction of sp³-hybridized carbons (Fsp3) is 0.417. The van der Waals surface area contributed by atoms with Gasteiger partial charge in [0.2, 0.25) is 0 Å². The molecule has 0 atom stereocenters. The predicted molar refractivity (Wildman–Crippen MR) is 64.9 cm³/mol. The van der Waals surface area contributed by atoms with E-state index in [9.17, 15) is 0 Å². The number of thiocarbonyl (C=S) groups is 1. The molecule has 1 aromatic carbocycles. The Bertz CT molecular complexity index is 390. The van der Waals surface area contributed by atoms with Crippen LogP contribution in [0.1, 0.15) is 18.8 Å². The van der Waals surface area contributed by atoms with Crippen LogP contribution in [0.3, 0.4) is 0 Å². The molecule has 1 aromatic rings. The number of rotatable bonds is 2. The molecule has 1 aliphatic rings. The molecule has 0 aromatic heterocycles. The van der Waals surface area contributed by atoms with E-state index in [-0.39, 0.29) is 6.29 Å². The Labute approximate surface area is 100 Å². The molecule has 0 spiro atoms. The van der Waals surface area contributed by atoms with Crippen LogP contribution in [0, 0.1) is 5.92 Å². The maximum Gasteiger partial charge on any atom is 0.183 e. The third-order valence-electron chi connectivity index (χ3n) is 2.40. The smallest absolute Gasteiger partial charge is 0.183 e. The molecule has 84 valence electrons. The van der Waals surface area contributed by atoms with Gasteiger partial charge in [0.25, 0.3) is 0 Å². The minimum atomic E-state index is -0.248. The van der Waals surface area contributed by atoms with Crippen molar-refractivity contribution in [1.29, 1.82) is 0 Å². The Morgan fingerprint density at radius 3 is 2.44 bits per heavy atom. The van der Waals surface area contributed by atoms with Gasteiger partial charge in [-0.25, -0.2) is 0 Å². The molecule has 0 aliphatic carbocycles.